The minimum Gasteiger partial charge on any atom is -0.352 e. The SMILES string of the molecule is CC[C@@H](C)NC(=O)[C@@H](Cc1ccccc1)N(Cc1ccccc1F)C(=O)CN(c1cccc(C(C)=O)c1)S(C)(=O)=O. The lowest BCUT2D eigenvalue weighted by Crippen LogP contribution is -2.54. The van der Waals surface area contributed by atoms with Crippen molar-refractivity contribution < 1.29 is 27.2 Å². The van der Waals surface area contributed by atoms with Gasteiger partial charge in [0.2, 0.25) is 21.8 Å². The van der Waals surface area contributed by atoms with Crippen LogP contribution in [-0.4, -0.2) is 55.8 Å². The van der Waals surface area contributed by atoms with Crippen molar-refractivity contribution in [2.24, 2.45) is 0 Å². The Labute approximate surface area is 241 Å². The Bertz CT molecular complexity index is 1480. The van der Waals surface area contributed by atoms with E-state index >= 15 is 0 Å². The van der Waals surface area contributed by atoms with Crippen LogP contribution < -0.4 is 9.62 Å². The van der Waals surface area contributed by atoms with Crippen molar-refractivity contribution in [1.82, 2.24) is 10.2 Å². The van der Waals surface area contributed by atoms with Crippen LogP contribution >= 0.6 is 0 Å². The third kappa shape index (κ3) is 8.72. The third-order valence-corrected chi connectivity index (χ3v) is 7.93. The summed E-state index contributed by atoms with van der Waals surface area (Å²) < 4.78 is 41.5. The van der Waals surface area contributed by atoms with Crippen LogP contribution in [0.1, 0.15) is 48.7 Å². The average Bonchev–Trinajstić information content (AvgIpc) is 2.94. The van der Waals surface area contributed by atoms with Crippen LogP contribution in [0, 0.1) is 5.82 Å². The van der Waals surface area contributed by atoms with Crippen molar-refractivity contribution in [3.8, 4) is 0 Å². The Morgan fingerprint density at radius 3 is 2.22 bits per heavy atom. The number of rotatable bonds is 13. The number of hydrogen-bond acceptors (Lipinski definition) is 5. The zero-order valence-corrected chi connectivity index (χ0v) is 24.5. The number of hydrogen-bond donors (Lipinski definition) is 1. The van der Waals surface area contributed by atoms with Crippen LogP contribution in [0.15, 0.2) is 78.9 Å². The largest absolute Gasteiger partial charge is 0.352 e. The van der Waals surface area contributed by atoms with E-state index in [9.17, 15) is 27.2 Å². The lowest BCUT2D eigenvalue weighted by molar-refractivity contribution is -0.140. The molecular formula is C31H36FN3O5S. The van der Waals surface area contributed by atoms with Crippen molar-refractivity contribution in [1.29, 1.82) is 0 Å². The Hall–Kier alpha value is -4.05. The molecule has 3 rings (SSSR count). The lowest BCUT2D eigenvalue weighted by atomic mass is 10.0. The smallest absolute Gasteiger partial charge is 0.244 e. The van der Waals surface area contributed by atoms with Crippen LogP contribution in [0.4, 0.5) is 10.1 Å². The zero-order valence-electron chi connectivity index (χ0n) is 23.7. The highest BCUT2D eigenvalue weighted by Gasteiger charge is 2.34. The van der Waals surface area contributed by atoms with Crippen LogP contribution in [0.2, 0.25) is 0 Å². The van der Waals surface area contributed by atoms with Gasteiger partial charge in [-0.15, -0.1) is 0 Å². The Kier molecular flexibility index (Phi) is 10.8. The molecule has 2 amide bonds. The minimum atomic E-state index is -4.00. The second kappa shape index (κ2) is 14.0. The molecule has 3 aromatic carbocycles. The van der Waals surface area contributed by atoms with Crippen LogP contribution in [-0.2, 0) is 32.6 Å². The van der Waals surface area contributed by atoms with E-state index in [0.29, 0.717) is 6.42 Å². The molecule has 0 aliphatic rings. The third-order valence-electron chi connectivity index (χ3n) is 6.79. The second-order valence-electron chi connectivity index (χ2n) is 10.0. The summed E-state index contributed by atoms with van der Waals surface area (Å²) in [7, 11) is -4.00. The monoisotopic (exact) mass is 581 g/mol. The summed E-state index contributed by atoms with van der Waals surface area (Å²) in [4.78, 5) is 40.9. The van der Waals surface area contributed by atoms with Crippen molar-refractivity contribution >= 4 is 33.3 Å². The van der Waals surface area contributed by atoms with Gasteiger partial charge in [-0.05, 0) is 44.0 Å². The molecule has 0 unspecified atom stereocenters. The summed E-state index contributed by atoms with van der Waals surface area (Å²) in [6.45, 7) is 4.19. The number of anilines is 1. The maximum absolute atomic E-state index is 14.8. The number of nitrogens with one attached hydrogen (secondary N) is 1. The predicted molar refractivity (Wildman–Crippen MR) is 157 cm³/mol. The number of carbonyl (C=O) groups is 3. The van der Waals surface area contributed by atoms with Crippen molar-refractivity contribution in [2.45, 2.75) is 52.2 Å². The first-order chi connectivity index (χ1) is 19.4. The standard InChI is InChI=1S/C31H36FN3O5S/c1-5-22(2)33-31(38)29(18-24-12-7-6-8-13-24)34(20-26-14-9-10-17-28(26)32)30(37)21-35(41(4,39)40)27-16-11-15-25(19-27)23(3)36/h6-17,19,22,29H,5,18,20-21H2,1-4H3,(H,33,38)/t22-,29-/m1/s1. The van der Waals surface area contributed by atoms with Gasteiger partial charge in [0, 0.05) is 30.1 Å². The van der Waals surface area contributed by atoms with Gasteiger partial charge in [0.1, 0.15) is 18.4 Å². The summed E-state index contributed by atoms with van der Waals surface area (Å²) in [6.07, 6.45) is 1.74. The van der Waals surface area contributed by atoms with Crippen LogP contribution in [0.3, 0.4) is 0 Å². The molecule has 10 heteroatoms. The molecule has 0 radical (unpaired) electrons. The Morgan fingerprint density at radius 1 is 0.951 bits per heavy atom. The Balaban J connectivity index is 2.09. The molecular weight excluding hydrogens is 545 g/mol. The van der Waals surface area contributed by atoms with E-state index < -0.39 is 40.2 Å². The maximum Gasteiger partial charge on any atom is 0.244 e. The average molecular weight is 582 g/mol. The van der Waals surface area contributed by atoms with Gasteiger partial charge in [-0.25, -0.2) is 12.8 Å². The first kappa shape index (κ1) is 31.5. The Morgan fingerprint density at radius 2 is 1.61 bits per heavy atom. The van der Waals surface area contributed by atoms with Gasteiger partial charge in [0.25, 0.3) is 0 Å². The van der Waals surface area contributed by atoms with Gasteiger partial charge >= 0.3 is 0 Å². The summed E-state index contributed by atoms with van der Waals surface area (Å²) >= 11 is 0. The first-order valence-corrected chi connectivity index (χ1v) is 15.2. The van der Waals surface area contributed by atoms with E-state index in [2.05, 4.69) is 5.32 Å². The number of amides is 2. The van der Waals surface area contributed by atoms with E-state index in [1.165, 1.54) is 48.2 Å². The van der Waals surface area contributed by atoms with Crippen LogP contribution in [0.25, 0.3) is 0 Å². The minimum absolute atomic E-state index is 0.127. The molecule has 2 atom stereocenters. The second-order valence-corrected chi connectivity index (χ2v) is 11.9. The quantitative estimate of drug-likeness (QED) is 0.303. The summed E-state index contributed by atoms with van der Waals surface area (Å²) in [5.74, 6) is -1.96. The molecule has 0 heterocycles. The molecule has 0 aromatic heterocycles. The van der Waals surface area contributed by atoms with Crippen LogP contribution in [0.5, 0.6) is 0 Å². The normalized spacial score (nSPS) is 12.7. The number of carbonyl (C=O) groups excluding carboxylic acids is 3. The summed E-state index contributed by atoms with van der Waals surface area (Å²) in [5, 5.41) is 2.92. The highest BCUT2D eigenvalue weighted by Crippen LogP contribution is 2.22. The molecule has 0 aliphatic heterocycles. The van der Waals surface area contributed by atoms with Gasteiger partial charge in [0.15, 0.2) is 5.78 Å². The number of halogens is 1. The van der Waals surface area contributed by atoms with Crippen molar-refractivity contribution in [2.75, 3.05) is 17.1 Å². The molecule has 8 nitrogen and oxygen atoms in total. The molecule has 0 spiro atoms. The number of ketones is 1. The molecule has 41 heavy (non-hydrogen) atoms. The lowest BCUT2D eigenvalue weighted by Gasteiger charge is -2.34. The van der Waals surface area contributed by atoms with E-state index in [0.717, 1.165) is 16.1 Å². The van der Waals surface area contributed by atoms with Gasteiger partial charge in [-0.3, -0.25) is 18.7 Å². The molecule has 0 aliphatic carbocycles. The van der Waals surface area contributed by atoms with Gasteiger partial charge in [-0.2, -0.15) is 0 Å². The number of Topliss-reactive ketones (excluding diaryl/α,β-unsaturated/α-hetero) is 1. The predicted octanol–water partition coefficient (Wildman–Crippen LogP) is 4.35. The van der Waals surface area contributed by atoms with Crippen molar-refractivity contribution in [3.63, 3.8) is 0 Å². The molecule has 0 bridgehead atoms. The number of nitrogens with zero attached hydrogens (tertiary/aromatic N) is 2. The van der Waals surface area contributed by atoms with Gasteiger partial charge in [-0.1, -0.05) is 67.6 Å². The maximum atomic E-state index is 14.8. The van der Waals surface area contributed by atoms with Gasteiger partial charge in [0.05, 0.1) is 11.9 Å². The summed E-state index contributed by atoms with van der Waals surface area (Å²) in [5.41, 5.74) is 1.36. The summed E-state index contributed by atoms with van der Waals surface area (Å²) in [6, 6.07) is 19.8. The fourth-order valence-electron chi connectivity index (χ4n) is 4.30. The molecule has 3 aromatic rings. The molecule has 0 saturated carbocycles. The zero-order chi connectivity index (χ0) is 30.2. The fourth-order valence-corrected chi connectivity index (χ4v) is 5.14. The van der Waals surface area contributed by atoms with E-state index in [4.69, 9.17) is 0 Å². The van der Waals surface area contributed by atoms with E-state index in [1.807, 2.05) is 44.2 Å². The molecule has 218 valence electrons. The molecule has 0 saturated heterocycles. The fraction of sp³-hybridized carbons (Fsp3) is 0.323. The molecule has 0 fully saturated rings. The van der Waals surface area contributed by atoms with E-state index in [-0.39, 0.29) is 41.6 Å². The number of sulfonamides is 1. The highest BCUT2D eigenvalue weighted by atomic mass is 32.2. The van der Waals surface area contributed by atoms with Crippen molar-refractivity contribution in [3.05, 3.63) is 101 Å². The molecule has 1 N–H and O–H groups in total. The topological polar surface area (TPSA) is 104 Å². The van der Waals surface area contributed by atoms with Gasteiger partial charge < -0.3 is 10.2 Å². The van der Waals surface area contributed by atoms with E-state index in [1.54, 1.807) is 12.1 Å². The highest BCUT2D eigenvalue weighted by molar-refractivity contribution is 7.92. The first-order valence-electron chi connectivity index (χ1n) is 13.4. The number of benzene rings is 3.